The van der Waals surface area contributed by atoms with Crippen molar-refractivity contribution in [2.75, 3.05) is 20.8 Å². The van der Waals surface area contributed by atoms with Gasteiger partial charge >= 0.3 is 5.97 Å². The molecule has 92 valence electrons. The Labute approximate surface area is 100 Å². The van der Waals surface area contributed by atoms with Gasteiger partial charge in [-0.3, -0.25) is 4.79 Å². The van der Waals surface area contributed by atoms with Crippen molar-refractivity contribution < 1.29 is 19.4 Å². The van der Waals surface area contributed by atoms with Gasteiger partial charge in [0, 0.05) is 0 Å². The fourth-order valence-corrected chi connectivity index (χ4v) is 1.48. The zero-order valence-corrected chi connectivity index (χ0v) is 9.92. The summed E-state index contributed by atoms with van der Waals surface area (Å²) in [5.41, 5.74) is 0.765. The molecule has 4 heteroatoms. The number of ether oxygens (including phenoxy) is 2. The lowest BCUT2D eigenvalue weighted by Gasteiger charge is -2.11. The van der Waals surface area contributed by atoms with Gasteiger partial charge in [-0.25, -0.2) is 0 Å². The summed E-state index contributed by atoms with van der Waals surface area (Å²) in [4.78, 5) is 11.6. The normalized spacial score (nSPS) is 12.4. The van der Waals surface area contributed by atoms with Crippen molar-refractivity contribution in [3.63, 3.8) is 0 Å². The van der Waals surface area contributed by atoms with Crippen LogP contribution in [0.2, 0.25) is 0 Å². The largest absolute Gasteiger partial charge is 0.497 e. The fraction of sp³-hybridized carbons (Fsp3) is 0.308. The van der Waals surface area contributed by atoms with E-state index in [1.165, 1.54) is 13.2 Å². The average Bonchev–Trinajstić information content (AvgIpc) is 2.39. The van der Waals surface area contributed by atoms with E-state index < -0.39 is 5.92 Å². The molecule has 0 spiro atoms. The molecule has 0 fully saturated rings. The minimum Gasteiger partial charge on any atom is -0.497 e. The van der Waals surface area contributed by atoms with Gasteiger partial charge in [0.05, 0.1) is 20.8 Å². The van der Waals surface area contributed by atoms with Gasteiger partial charge in [-0.15, -0.1) is 0 Å². The van der Waals surface area contributed by atoms with Crippen LogP contribution < -0.4 is 4.74 Å². The molecule has 1 rings (SSSR count). The minimum atomic E-state index is -0.526. The summed E-state index contributed by atoms with van der Waals surface area (Å²) in [6, 6.07) is 7.18. The molecule has 1 atom stereocenters. The first-order valence-corrected chi connectivity index (χ1v) is 5.22. The van der Waals surface area contributed by atoms with Crippen LogP contribution in [0, 0.1) is 0 Å². The zero-order valence-electron chi connectivity index (χ0n) is 9.92. The molecule has 0 amide bonds. The van der Waals surface area contributed by atoms with Gasteiger partial charge in [0.25, 0.3) is 0 Å². The monoisotopic (exact) mass is 236 g/mol. The van der Waals surface area contributed by atoms with Gasteiger partial charge in [-0.2, -0.15) is 0 Å². The topological polar surface area (TPSA) is 55.8 Å². The summed E-state index contributed by atoms with van der Waals surface area (Å²) in [5, 5.41) is 8.75. The van der Waals surface area contributed by atoms with Crippen molar-refractivity contribution in [3.8, 4) is 5.75 Å². The fourth-order valence-electron chi connectivity index (χ4n) is 1.48. The lowest BCUT2D eigenvalue weighted by Crippen LogP contribution is -2.12. The van der Waals surface area contributed by atoms with Crippen molar-refractivity contribution >= 4 is 5.97 Å². The van der Waals surface area contributed by atoms with Crippen LogP contribution >= 0.6 is 0 Å². The lowest BCUT2D eigenvalue weighted by molar-refractivity contribution is -0.141. The summed E-state index contributed by atoms with van der Waals surface area (Å²) < 4.78 is 9.82. The zero-order chi connectivity index (χ0) is 12.7. The van der Waals surface area contributed by atoms with Crippen LogP contribution in [-0.4, -0.2) is 31.9 Å². The first kappa shape index (κ1) is 13.3. The van der Waals surface area contributed by atoms with E-state index in [1.807, 2.05) is 6.07 Å². The van der Waals surface area contributed by atoms with E-state index in [0.717, 1.165) is 5.56 Å². The number of rotatable bonds is 5. The third-order valence-electron chi connectivity index (χ3n) is 2.34. The third kappa shape index (κ3) is 3.60. The number of hydrogen-bond donors (Lipinski definition) is 1. The molecule has 0 aliphatic heterocycles. The maximum Gasteiger partial charge on any atom is 0.317 e. The molecule has 0 radical (unpaired) electrons. The molecule has 1 aromatic carbocycles. The van der Waals surface area contributed by atoms with Gasteiger partial charge in [0.2, 0.25) is 0 Å². The standard InChI is InChI=1S/C13H16O4/c1-16-11-6-3-5-10(9-11)12(7-4-8-14)13(15)17-2/h3-7,9,12,14H,8H2,1-2H3/b7-4+. The van der Waals surface area contributed by atoms with Crippen LogP contribution in [0.15, 0.2) is 36.4 Å². The number of benzene rings is 1. The summed E-state index contributed by atoms with van der Waals surface area (Å²) >= 11 is 0. The first-order chi connectivity index (χ1) is 8.22. The van der Waals surface area contributed by atoms with E-state index in [-0.39, 0.29) is 12.6 Å². The Bertz CT molecular complexity index is 398. The SMILES string of the molecule is COC(=O)C(/C=C/CO)c1cccc(OC)c1. The van der Waals surface area contributed by atoms with Crippen molar-refractivity contribution in [2.45, 2.75) is 5.92 Å². The molecule has 0 aromatic heterocycles. The molecule has 1 unspecified atom stereocenters. The Balaban J connectivity index is 3.03. The van der Waals surface area contributed by atoms with Crippen molar-refractivity contribution in [1.29, 1.82) is 0 Å². The van der Waals surface area contributed by atoms with Crippen molar-refractivity contribution in [1.82, 2.24) is 0 Å². The number of hydrogen-bond acceptors (Lipinski definition) is 4. The van der Waals surface area contributed by atoms with E-state index in [1.54, 1.807) is 31.4 Å². The van der Waals surface area contributed by atoms with E-state index in [4.69, 9.17) is 14.6 Å². The Morgan fingerprint density at radius 3 is 2.82 bits per heavy atom. The second kappa shape index (κ2) is 6.70. The average molecular weight is 236 g/mol. The molecule has 0 bridgehead atoms. The summed E-state index contributed by atoms with van der Waals surface area (Å²) in [7, 11) is 2.90. The number of methoxy groups -OCH3 is 2. The van der Waals surface area contributed by atoms with Crippen LogP contribution in [0.25, 0.3) is 0 Å². The molecular formula is C13H16O4. The van der Waals surface area contributed by atoms with Crippen LogP contribution in [-0.2, 0) is 9.53 Å². The second-order valence-corrected chi connectivity index (χ2v) is 3.39. The third-order valence-corrected chi connectivity index (χ3v) is 2.34. The Hall–Kier alpha value is -1.81. The van der Waals surface area contributed by atoms with Crippen LogP contribution in [0.3, 0.4) is 0 Å². The Kier molecular flexibility index (Phi) is 5.23. The molecule has 1 aromatic rings. The molecule has 4 nitrogen and oxygen atoms in total. The van der Waals surface area contributed by atoms with E-state index >= 15 is 0 Å². The van der Waals surface area contributed by atoms with Gasteiger partial charge in [-0.05, 0) is 17.7 Å². The maximum atomic E-state index is 11.6. The van der Waals surface area contributed by atoms with Crippen LogP contribution in [0.1, 0.15) is 11.5 Å². The molecule has 0 saturated heterocycles. The molecule has 0 heterocycles. The Morgan fingerprint density at radius 2 is 2.24 bits per heavy atom. The highest BCUT2D eigenvalue weighted by molar-refractivity contribution is 5.80. The first-order valence-electron chi connectivity index (χ1n) is 5.22. The number of aliphatic hydroxyl groups excluding tert-OH is 1. The highest BCUT2D eigenvalue weighted by atomic mass is 16.5. The predicted octanol–water partition coefficient (Wildman–Crippen LogP) is 1.50. The van der Waals surface area contributed by atoms with E-state index in [9.17, 15) is 4.79 Å². The predicted molar refractivity (Wildman–Crippen MR) is 64.0 cm³/mol. The van der Waals surface area contributed by atoms with Gasteiger partial charge < -0.3 is 14.6 Å². The molecule has 17 heavy (non-hydrogen) atoms. The Morgan fingerprint density at radius 1 is 1.47 bits per heavy atom. The van der Waals surface area contributed by atoms with Gasteiger partial charge in [-0.1, -0.05) is 24.3 Å². The van der Waals surface area contributed by atoms with E-state index in [0.29, 0.717) is 5.75 Å². The van der Waals surface area contributed by atoms with E-state index in [2.05, 4.69) is 0 Å². The van der Waals surface area contributed by atoms with Crippen LogP contribution in [0.4, 0.5) is 0 Å². The highest BCUT2D eigenvalue weighted by Crippen LogP contribution is 2.23. The summed E-state index contributed by atoms with van der Waals surface area (Å²) in [6.07, 6.45) is 3.13. The number of aliphatic hydroxyl groups is 1. The van der Waals surface area contributed by atoms with Gasteiger partial charge in [0.1, 0.15) is 11.7 Å². The lowest BCUT2D eigenvalue weighted by atomic mass is 9.98. The molecule has 0 saturated carbocycles. The second-order valence-electron chi connectivity index (χ2n) is 3.39. The van der Waals surface area contributed by atoms with Crippen LogP contribution in [0.5, 0.6) is 5.75 Å². The highest BCUT2D eigenvalue weighted by Gasteiger charge is 2.18. The van der Waals surface area contributed by atoms with Crippen molar-refractivity contribution in [3.05, 3.63) is 42.0 Å². The summed E-state index contributed by atoms with van der Waals surface area (Å²) in [6.45, 7) is -0.114. The summed E-state index contributed by atoms with van der Waals surface area (Å²) in [5.74, 6) is -0.223. The minimum absolute atomic E-state index is 0.114. The number of esters is 1. The van der Waals surface area contributed by atoms with Gasteiger partial charge in [0.15, 0.2) is 0 Å². The molecule has 0 aliphatic carbocycles. The molecular weight excluding hydrogens is 220 g/mol. The molecule has 0 aliphatic rings. The number of carbonyl (C=O) groups is 1. The molecule has 1 N–H and O–H groups in total. The smallest absolute Gasteiger partial charge is 0.317 e. The quantitative estimate of drug-likeness (QED) is 0.621. The maximum absolute atomic E-state index is 11.6. The van der Waals surface area contributed by atoms with Crippen molar-refractivity contribution in [2.24, 2.45) is 0 Å². The number of carbonyl (C=O) groups excluding carboxylic acids is 1.